The zero-order chi connectivity index (χ0) is 14.9. The fraction of sp³-hybridized carbons (Fsp3) is 0.333. The number of hydrogen-bond donors (Lipinski definition) is 1. The van der Waals surface area contributed by atoms with Crippen LogP contribution in [0.5, 0.6) is 11.5 Å². The van der Waals surface area contributed by atoms with E-state index >= 15 is 0 Å². The largest absolute Gasteiger partial charge is 0.457 e. The molecule has 0 aliphatic rings. The van der Waals surface area contributed by atoms with E-state index in [2.05, 4.69) is 32.9 Å². The first-order chi connectivity index (χ1) is 9.27. The van der Waals surface area contributed by atoms with E-state index < -0.39 is 0 Å². The molecule has 0 atom stereocenters. The van der Waals surface area contributed by atoms with Gasteiger partial charge >= 0.3 is 0 Å². The SMILES string of the molecule is Cc1cc(Oc2cccc(C(C)(C)C)c2)c(C)cc1N. The van der Waals surface area contributed by atoms with Crippen LogP contribution in [0.1, 0.15) is 37.5 Å². The van der Waals surface area contributed by atoms with Crippen LogP contribution in [0.3, 0.4) is 0 Å². The summed E-state index contributed by atoms with van der Waals surface area (Å²) in [6, 6.07) is 12.2. The average Bonchev–Trinajstić information content (AvgIpc) is 2.35. The molecule has 0 aliphatic heterocycles. The van der Waals surface area contributed by atoms with Crippen molar-refractivity contribution in [1.82, 2.24) is 0 Å². The van der Waals surface area contributed by atoms with Crippen LogP contribution in [-0.4, -0.2) is 0 Å². The van der Waals surface area contributed by atoms with Gasteiger partial charge in [-0.1, -0.05) is 32.9 Å². The van der Waals surface area contributed by atoms with Gasteiger partial charge < -0.3 is 10.5 Å². The number of anilines is 1. The van der Waals surface area contributed by atoms with Crippen LogP contribution < -0.4 is 10.5 Å². The molecule has 106 valence electrons. The van der Waals surface area contributed by atoms with Crippen LogP contribution in [-0.2, 0) is 5.41 Å². The summed E-state index contributed by atoms with van der Waals surface area (Å²) >= 11 is 0. The van der Waals surface area contributed by atoms with Crippen molar-refractivity contribution in [1.29, 1.82) is 0 Å². The molecule has 0 fully saturated rings. The molecule has 0 saturated carbocycles. The van der Waals surface area contributed by atoms with Gasteiger partial charge in [-0.15, -0.1) is 0 Å². The number of aryl methyl sites for hydroxylation is 2. The molecule has 2 nitrogen and oxygen atoms in total. The smallest absolute Gasteiger partial charge is 0.130 e. The summed E-state index contributed by atoms with van der Waals surface area (Å²) in [6.07, 6.45) is 0. The van der Waals surface area contributed by atoms with Gasteiger partial charge in [-0.2, -0.15) is 0 Å². The minimum absolute atomic E-state index is 0.117. The molecule has 0 aromatic heterocycles. The maximum atomic E-state index is 6.03. The second-order valence-corrected chi connectivity index (χ2v) is 6.35. The Kier molecular flexibility index (Phi) is 3.76. The summed E-state index contributed by atoms with van der Waals surface area (Å²) in [6.45, 7) is 10.6. The number of nitrogens with two attached hydrogens (primary N) is 1. The minimum Gasteiger partial charge on any atom is -0.457 e. The first kappa shape index (κ1) is 14.4. The molecule has 20 heavy (non-hydrogen) atoms. The van der Waals surface area contributed by atoms with E-state index in [1.54, 1.807) is 0 Å². The highest BCUT2D eigenvalue weighted by molar-refractivity contribution is 5.54. The minimum atomic E-state index is 0.117. The van der Waals surface area contributed by atoms with Crippen LogP contribution >= 0.6 is 0 Å². The van der Waals surface area contributed by atoms with Gasteiger partial charge in [0.05, 0.1) is 0 Å². The van der Waals surface area contributed by atoms with Gasteiger partial charge in [0.1, 0.15) is 11.5 Å². The predicted octanol–water partition coefficient (Wildman–Crippen LogP) is 4.98. The average molecular weight is 269 g/mol. The van der Waals surface area contributed by atoms with Gasteiger partial charge in [0.15, 0.2) is 0 Å². The molecule has 0 bridgehead atoms. The van der Waals surface area contributed by atoms with Gasteiger partial charge in [0, 0.05) is 5.69 Å². The second kappa shape index (κ2) is 5.20. The Labute approximate surface area is 121 Å². The summed E-state index contributed by atoms with van der Waals surface area (Å²) in [5.74, 6) is 1.73. The molecule has 0 heterocycles. The maximum Gasteiger partial charge on any atom is 0.130 e. The van der Waals surface area contributed by atoms with Gasteiger partial charge in [-0.25, -0.2) is 0 Å². The fourth-order valence-corrected chi connectivity index (χ4v) is 2.08. The van der Waals surface area contributed by atoms with Crippen molar-refractivity contribution in [2.45, 2.75) is 40.0 Å². The summed E-state index contributed by atoms with van der Waals surface area (Å²) < 4.78 is 6.03. The van der Waals surface area contributed by atoms with Crippen LogP contribution in [0.25, 0.3) is 0 Å². The number of benzene rings is 2. The lowest BCUT2D eigenvalue weighted by atomic mass is 9.87. The lowest BCUT2D eigenvalue weighted by Gasteiger charge is -2.20. The third kappa shape index (κ3) is 3.13. The highest BCUT2D eigenvalue weighted by atomic mass is 16.5. The standard InChI is InChI=1S/C18H23NO/c1-12-10-17(13(2)9-16(12)19)20-15-8-6-7-14(11-15)18(3,4)5/h6-11H,19H2,1-5H3. The van der Waals surface area contributed by atoms with E-state index in [9.17, 15) is 0 Å². The summed E-state index contributed by atoms with van der Waals surface area (Å²) in [4.78, 5) is 0. The van der Waals surface area contributed by atoms with Crippen LogP contribution in [0.15, 0.2) is 36.4 Å². The summed E-state index contributed by atoms with van der Waals surface area (Å²) in [5, 5.41) is 0. The molecule has 0 aliphatic carbocycles. The third-order valence-corrected chi connectivity index (χ3v) is 3.49. The van der Waals surface area contributed by atoms with Gasteiger partial charge in [0.25, 0.3) is 0 Å². The molecule has 2 aromatic carbocycles. The lowest BCUT2D eigenvalue weighted by Crippen LogP contribution is -2.10. The molecule has 2 N–H and O–H groups in total. The molecule has 0 spiro atoms. The van der Waals surface area contributed by atoms with Crippen LogP contribution in [0.4, 0.5) is 5.69 Å². The van der Waals surface area contributed by atoms with E-state index in [4.69, 9.17) is 10.5 Å². The van der Waals surface area contributed by atoms with Crippen molar-refractivity contribution >= 4 is 5.69 Å². The molecule has 0 amide bonds. The quantitative estimate of drug-likeness (QED) is 0.781. The van der Waals surface area contributed by atoms with Crippen molar-refractivity contribution in [3.05, 3.63) is 53.1 Å². The molecular weight excluding hydrogens is 246 g/mol. The Balaban J connectivity index is 2.33. The fourth-order valence-electron chi connectivity index (χ4n) is 2.08. The number of hydrogen-bond acceptors (Lipinski definition) is 2. The predicted molar refractivity (Wildman–Crippen MR) is 85.5 cm³/mol. The number of nitrogen functional groups attached to an aromatic ring is 1. The number of ether oxygens (including phenoxy) is 1. The Morgan fingerprint density at radius 1 is 0.950 bits per heavy atom. The van der Waals surface area contributed by atoms with E-state index in [0.717, 1.165) is 28.3 Å². The van der Waals surface area contributed by atoms with Gasteiger partial charge in [-0.3, -0.25) is 0 Å². The van der Waals surface area contributed by atoms with Gasteiger partial charge in [-0.05, 0) is 60.2 Å². The van der Waals surface area contributed by atoms with Crippen molar-refractivity contribution in [3.63, 3.8) is 0 Å². The molecule has 2 heteroatoms. The monoisotopic (exact) mass is 269 g/mol. The zero-order valence-corrected chi connectivity index (χ0v) is 12.9. The molecule has 2 aromatic rings. The first-order valence-corrected chi connectivity index (χ1v) is 6.92. The summed E-state index contributed by atoms with van der Waals surface area (Å²) in [7, 11) is 0. The normalized spacial score (nSPS) is 11.4. The second-order valence-electron chi connectivity index (χ2n) is 6.35. The van der Waals surface area contributed by atoms with Crippen molar-refractivity contribution in [2.24, 2.45) is 0 Å². The Morgan fingerprint density at radius 3 is 2.30 bits per heavy atom. The van der Waals surface area contributed by atoms with Crippen molar-refractivity contribution in [2.75, 3.05) is 5.73 Å². The van der Waals surface area contributed by atoms with Crippen LogP contribution in [0, 0.1) is 13.8 Å². The highest BCUT2D eigenvalue weighted by Gasteiger charge is 2.14. The Bertz CT molecular complexity index is 624. The maximum absolute atomic E-state index is 6.03. The first-order valence-electron chi connectivity index (χ1n) is 6.92. The third-order valence-electron chi connectivity index (χ3n) is 3.49. The van der Waals surface area contributed by atoms with Gasteiger partial charge in [0.2, 0.25) is 0 Å². The topological polar surface area (TPSA) is 35.2 Å². The Morgan fingerprint density at radius 2 is 1.65 bits per heavy atom. The lowest BCUT2D eigenvalue weighted by molar-refractivity contribution is 0.474. The molecule has 0 radical (unpaired) electrons. The van der Waals surface area contributed by atoms with Crippen LogP contribution in [0.2, 0.25) is 0 Å². The summed E-state index contributed by atoms with van der Waals surface area (Å²) in [5.41, 5.74) is 10.2. The molecule has 2 rings (SSSR count). The molecule has 0 saturated heterocycles. The van der Waals surface area contributed by atoms with Crippen molar-refractivity contribution < 1.29 is 4.74 Å². The molecular formula is C18H23NO. The zero-order valence-electron chi connectivity index (χ0n) is 12.9. The number of rotatable bonds is 2. The van der Waals surface area contributed by atoms with Crippen molar-refractivity contribution in [3.8, 4) is 11.5 Å². The van der Waals surface area contributed by atoms with E-state index in [0.29, 0.717) is 0 Å². The van der Waals surface area contributed by atoms with E-state index in [1.165, 1.54) is 5.56 Å². The van der Waals surface area contributed by atoms with E-state index in [-0.39, 0.29) is 5.41 Å². The highest BCUT2D eigenvalue weighted by Crippen LogP contribution is 2.31. The molecule has 0 unspecified atom stereocenters. The van der Waals surface area contributed by atoms with E-state index in [1.807, 2.05) is 38.1 Å². The Hall–Kier alpha value is -1.96.